The van der Waals surface area contributed by atoms with Crippen molar-refractivity contribution in [3.05, 3.63) is 89.5 Å². The highest BCUT2D eigenvalue weighted by atomic mass is 32.2. The first-order chi connectivity index (χ1) is 20.1. The van der Waals surface area contributed by atoms with E-state index in [9.17, 15) is 19.5 Å². The van der Waals surface area contributed by atoms with E-state index in [0.717, 1.165) is 27.3 Å². The number of hydrogen-bond donors (Lipinski definition) is 3. The molecule has 1 saturated heterocycles. The summed E-state index contributed by atoms with van der Waals surface area (Å²) in [5.41, 5.74) is 3.78. The molecule has 0 aliphatic carbocycles. The molecule has 10 heteroatoms. The van der Waals surface area contributed by atoms with Crippen molar-refractivity contribution in [2.75, 3.05) is 16.4 Å². The Morgan fingerprint density at radius 1 is 0.929 bits per heavy atom. The molecule has 1 aliphatic rings. The first kappa shape index (κ1) is 31.2. The van der Waals surface area contributed by atoms with Crippen LogP contribution in [0.15, 0.2) is 77.7 Å². The molecule has 3 aromatic rings. The van der Waals surface area contributed by atoms with E-state index in [1.165, 1.54) is 20.8 Å². The summed E-state index contributed by atoms with van der Waals surface area (Å²) in [6.45, 7) is 6.30. The highest BCUT2D eigenvalue weighted by Crippen LogP contribution is 2.43. The number of aliphatic hydroxyl groups is 1. The second-order valence-electron chi connectivity index (χ2n) is 10.2. The minimum absolute atomic E-state index is 0.000145. The molecule has 0 unspecified atom stereocenters. The number of esters is 1. The van der Waals surface area contributed by atoms with Gasteiger partial charge in [-0.2, -0.15) is 0 Å². The molecule has 222 valence electrons. The summed E-state index contributed by atoms with van der Waals surface area (Å²) < 4.78 is 18.0. The van der Waals surface area contributed by atoms with Crippen molar-refractivity contribution in [2.45, 2.75) is 63.8 Å². The minimum Gasteiger partial charge on any atom is -0.453 e. The number of amides is 2. The predicted molar refractivity (Wildman–Crippen MR) is 161 cm³/mol. The van der Waals surface area contributed by atoms with E-state index >= 15 is 0 Å². The number of thioether (sulfide) groups is 1. The lowest BCUT2D eigenvalue weighted by Gasteiger charge is -2.41. The van der Waals surface area contributed by atoms with Crippen LogP contribution in [-0.4, -0.2) is 40.9 Å². The third kappa shape index (κ3) is 8.42. The summed E-state index contributed by atoms with van der Waals surface area (Å²) in [5, 5.41) is 15.1. The Labute approximate surface area is 249 Å². The summed E-state index contributed by atoms with van der Waals surface area (Å²) in [4.78, 5) is 36.2. The van der Waals surface area contributed by atoms with Crippen molar-refractivity contribution in [1.29, 1.82) is 0 Å². The van der Waals surface area contributed by atoms with Crippen molar-refractivity contribution in [1.82, 2.24) is 0 Å². The molecule has 1 heterocycles. The van der Waals surface area contributed by atoms with E-state index in [0.29, 0.717) is 11.4 Å². The lowest BCUT2D eigenvalue weighted by molar-refractivity contribution is -0.268. The maximum Gasteiger partial charge on any atom is 0.303 e. The number of carbonyl (C=O) groups is 3. The quantitative estimate of drug-likeness (QED) is 0.205. The van der Waals surface area contributed by atoms with E-state index in [-0.39, 0.29) is 30.6 Å². The number of ether oxygens (including phenoxy) is 3. The van der Waals surface area contributed by atoms with Crippen LogP contribution in [0.4, 0.5) is 11.4 Å². The van der Waals surface area contributed by atoms with Crippen LogP contribution in [-0.2, 0) is 35.2 Å². The van der Waals surface area contributed by atoms with Gasteiger partial charge in [-0.15, -0.1) is 11.8 Å². The summed E-state index contributed by atoms with van der Waals surface area (Å²) in [7, 11) is 0. The van der Waals surface area contributed by atoms with Gasteiger partial charge in [0.2, 0.25) is 5.91 Å². The van der Waals surface area contributed by atoms with Crippen LogP contribution in [0.1, 0.15) is 56.8 Å². The fourth-order valence-corrected chi connectivity index (χ4v) is 5.70. The maximum atomic E-state index is 12.5. The molecule has 1 fully saturated rings. The van der Waals surface area contributed by atoms with Gasteiger partial charge in [-0.3, -0.25) is 14.4 Å². The van der Waals surface area contributed by atoms with Crippen LogP contribution < -0.4 is 10.6 Å². The molecule has 3 N–H and O–H groups in total. The van der Waals surface area contributed by atoms with Crippen molar-refractivity contribution in [2.24, 2.45) is 5.92 Å². The van der Waals surface area contributed by atoms with Gasteiger partial charge in [-0.25, -0.2) is 0 Å². The predicted octanol–water partition coefficient (Wildman–Crippen LogP) is 5.61. The summed E-state index contributed by atoms with van der Waals surface area (Å²) in [6.07, 6.45) is -2.12. The highest BCUT2D eigenvalue weighted by molar-refractivity contribution is 7.99. The largest absolute Gasteiger partial charge is 0.453 e. The first-order valence-corrected chi connectivity index (χ1v) is 14.7. The third-order valence-corrected chi connectivity index (χ3v) is 7.95. The zero-order chi connectivity index (χ0) is 30.2. The van der Waals surface area contributed by atoms with Gasteiger partial charge < -0.3 is 30.0 Å². The normalized spacial score (nSPS) is 20.8. The number of rotatable bonds is 10. The van der Waals surface area contributed by atoms with Gasteiger partial charge >= 0.3 is 5.97 Å². The Morgan fingerprint density at radius 2 is 1.64 bits per heavy atom. The van der Waals surface area contributed by atoms with E-state index in [2.05, 4.69) is 17.6 Å². The number of nitrogens with one attached hydrogen (secondary N) is 2. The molecular formula is C32H36N2O7S. The molecule has 9 nitrogen and oxygen atoms in total. The lowest BCUT2D eigenvalue weighted by atomic mass is 9.91. The Balaban J connectivity index is 1.54. The van der Waals surface area contributed by atoms with Crippen LogP contribution in [0.25, 0.3) is 0 Å². The molecule has 42 heavy (non-hydrogen) atoms. The Kier molecular flexibility index (Phi) is 10.8. The van der Waals surface area contributed by atoms with E-state index in [1.807, 2.05) is 54.6 Å². The van der Waals surface area contributed by atoms with E-state index in [1.54, 1.807) is 30.0 Å². The van der Waals surface area contributed by atoms with Crippen molar-refractivity contribution in [3.8, 4) is 0 Å². The topological polar surface area (TPSA) is 123 Å². The maximum absolute atomic E-state index is 12.5. The molecular weight excluding hydrogens is 556 g/mol. The summed E-state index contributed by atoms with van der Waals surface area (Å²) in [6, 6.07) is 22.6. The molecule has 0 radical (unpaired) electrons. The number of carbonyl (C=O) groups excluding carboxylic acids is 3. The first-order valence-electron chi connectivity index (χ1n) is 13.7. The van der Waals surface area contributed by atoms with Gasteiger partial charge in [0.15, 0.2) is 12.4 Å². The molecule has 0 spiro atoms. The number of aliphatic hydroxyl groups excluding tert-OH is 1. The number of benzene rings is 3. The molecule has 0 saturated carbocycles. The number of hydrogen-bond acceptors (Lipinski definition) is 8. The van der Waals surface area contributed by atoms with E-state index in [4.69, 9.17) is 14.2 Å². The third-order valence-electron chi connectivity index (χ3n) is 6.85. The Hall–Kier alpha value is -3.70. The van der Waals surface area contributed by atoms with Crippen molar-refractivity contribution >= 4 is 40.9 Å². The van der Waals surface area contributed by atoms with Gasteiger partial charge in [-0.05, 0) is 54.4 Å². The standard InChI is InChI=1S/C32H36N2O7S/c1-19-29(18-42-28-14-12-26(13-15-28)33-21(3)36)40-32(41-30(19)24-10-8-23(17-35)9-11-24)25-6-5-7-27(16-25)34-31(38)20(2)39-22(4)37/h5-16,19-20,29-30,32,35H,17-18H2,1-4H3,(H,33,36)(H,34,38)/t19-,20-,29+,30+,32+/m0/s1. The molecule has 0 bridgehead atoms. The van der Waals surface area contributed by atoms with Crippen LogP contribution in [0.3, 0.4) is 0 Å². The zero-order valence-corrected chi connectivity index (χ0v) is 24.9. The smallest absolute Gasteiger partial charge is 0.303 e. The number of anilines is 2. The van der Waals surface area contributed by atoms with Gasteiger partial charge in [0, 0.05) is 47.4 Å². The van der Waals surface area contributed by atoms with Gasteiger partial charge in [0.1, 0.15) is 0 Å². The molecule has 5 atom stereocenters. The highest BCUT2D eigenvalue weighted by Gasteiger charge is 2.38. The van der Waals surface area contributed by atoms with Crippen LogP contribution in [0, 0.1) is 5.92 Å². The molecule has 2 amide bonds. The molecule has 4 rings (SSSR count). The minimum atomic E-state index is -0.936. The second kappa shape index (κ2) is 14.5. The SMILES string of the molecule is CC(=O)Nc1ccc(SC[C@H]2O[C@@H](c3cccc(NC(=O)[C@H](C)OC(C)=O)c3)O[C@@H](c3ccc(CO)cc3)[C@H]2C)cc1. The Morgan fingerprint density at radius 3 is 2.29 bits per heavy atom. The monoisotopic (exact) mass is 592 g/mol. The lowest BCUT2D eigenvalue weighted by Crippen LogP contribution is -2.38. The zero-order valence-electron chi connectivity index (χ0n) is 24.0. The average Bonchev–Trinajstić information content (AvgIpc) is 2.97. The van der Waals surface area contributed by atoms with Crippen molar-refractivity contribution in [3.63, 3.8) is 0 Å². The Bertz CT molecular complexity index is 1380. The van der Waals surface area contributed by atoms with Gasteiger partial charge in [0.05, 0.1) is 18.8 Å². The fourth-order valence-electron chi connectivity index (χ4n) is 4.64. The van der Waals surface area contributed by atoms with Crippen LogP contribution >= 0.6 is 11.8 Å². The van der Waals surface area contributed by atoms with Crippen LogP contribution in [0.2, 0.25) is 0 Å². The fraction of sp³-hybridized carbons (Fsp3) is 0.344. The second-order valence-corrected chi connectivity index (χ2v) is 11.3. The van der Waals surface area contributed by atoms with Crippen molar-refractivity contribution < 1.29 is 33.7 Å². The summed E-state index contributed by atoms with van der Waals surface area (Å²) in [5.74, 6) is -0.439. The molecule has 0 aromatic heterocycles. The molecule has 1 aliphatic heterocycles. The van der Waals surface area contributed by atoms with E-state index < -0.39 is 24.3 Å². The van der Waals surface area contributed by atoms with Gasteiger partial charge in [0.25, 0.3) is 5.91 Å². The van der Waals surface area contributed by atoms with Crippen LogP contribution in [0.5, 0.6) is 0 Å². The van der Waals surface area contributed by atoms with Gasteiger partial charge in [-0.1, -0.05) is 43.3 Å². The molecule has 3 aromatic carbocycles. The summed E-state index contributed by atoms with van der Waals surface area (Å²) >= 11 is 1.65. The average molecular weight is 593 g/mol.